The van der Waals surface area contributed by atoms with Crippen LogP contribution in [0.5, 0.6) is 5.75 Å². The second kappa shape index (κ2) is 9.55. The van der Waals surface area contributed by atoms with Gasteiger partial charge >= 0.3 is 5.97 Å². The Labute approximate surface area is 213 Å². The van der Waals surface area contributed by atoms with Crippen molar-refractivity contribution in [3.05, 3.63) is 34.4 Å². The lowest BCUT2D eigenvalue weighted by Crippen LogP contribution is -2.73. The van der Waals surface area contributed by atoms with Gasteiger partial charge in [-0.3, -0.25) is 14.4 Å². The Kier molecular flexibility index (Phi) is 6.91. The fraction of sp³-hybridized carbons (Fsp3) is 0.538. The molecule has 1 aromatic carbocycles. The first kappa shape index (κ1) is 26.8. The van der Waals surface area contributed by atoms with E-state index in [1.54, 1.807) is 14.1 Å². The molecular weight excluding hydrogens is 484 g/mol. The summed E-state index contributed by atoms with van der Waals surface area (Å²) in [6, 6.07) is 1.59. The number of hydrogen-bond donors (Lipinski definition) is 5. The number of nitrogens with zero attached hydrogens (tertiary/aromatic N) is 1. The number of ether oxygens (including phenoxy) is 1. The average Bonchev–Trinajstić information content (AvgIpc) is 2.81. The second-order valence-electron chi connectivity index (χ2n) is 10.3. The zero-order valence-electron chi connectivity index (χ0n) is 20.9. The first-order valence-corrected chi connectivity index (χ1v) is 12.3. The third kappa shape index (κ3) is 3.92. The molecule has 37 heavy (non-hydrogen) atoms. The number of Topliss-reactive ketones (excluding diaryl/α,β-unsaturated/α-hetero) is 2. The molecule has 0 spiro atoms. The molecule has 0 aromatic heterocycles. The first-order valence-electron chi connectivity index (χ1n) is 12.3. The molecule has 200 valence electrons. The van der Waals surface area contributed by atoms with Crippen LogP contribution in [0, 0.1) is 17.8 Å². The Balaban J connectivity index is 1.86. The summed E-state index contributed by atoms with van der Waals surface area (Å²) in [6.45, 7) is 2.14. The van der Waals surface area contributed by atoms with E-state index in [4.69, 9.17) is 10.5 Å². The summed E-state index contributed by atoms with van der Waals surface area (Å²) in [4.78, 5) is 53.5. The predicted molar refractivity (Wildman–Crippen MR) is 129 cm³/mol. The van der Waals surface area contributed by atoms with E-state index in [9.17, 15) is 39.6 Å². The number of aliphatic hydroxyl groups is 3. The van der Waals surface area contributed by atoms with Gasteiger partial charge in [0.25, 0.3) is 0 Å². The number of primary amides is 1. The second-order valence-corrected chi connectivity index (χ2v) is 10.3. The van der Waals surface area contributed by atoms with E-state index < -0.39 is 70.5 Å². The number of phenolic OH excluding ortho intramolecular Hbond substituents is 1. The van der Waals surface area contributed by atoms with Crippen LogP contribution in [0.1, 0.15) is 47.7 Å². The highest BCUT2D eigenvalue weighted by atomic mass is 16.5. The summed E-state index contributed by atoms with van der Waals surface area (Å²) in [5, 5.41) is 44.2. The minimum absolute atomic E-state index is 0.0296. The highest BCUT2D eigenvalue weighted by molar-refractivity contribution is 6.25. The lowest BCUT2D eigenvalue weighted by Gasteiger charge is -2.53. The van der Waals surface area contributed by atoms with E-state index in [2.05, 4.69) is 0 Å². The number of aliphatic hydroxyl groups excluding tert-OH is 2. The van der Waals surface area contributed by atoms with E-state index in [1.165, 1.54) is 17.0 Å². The molecule has 2 fully saturated rings. The van der Waals surface area contributed by atoms with Gasteiger partial charge in [0.1, 0.15) is 17.4 Å². The van der Waals surface area contributed by atoms with Gasteiger partial charge in [0.2, 0.25) is 11.7 Å². The Bertz CT molecular complexity index is 1210. The van der Waals surface area contributed by atoms with E-state index in [-0.39, 0.29) is 41.7 Å². The van der Waals surface area contributed by atoms with Crippen molar-refractivity contribution < 1.29 is 44.3 Å². The normalized spacial score (nSPS) is 31.0. The number of aromatic hydroxyl groups is 1. The van der Waals surface area contributed by atoms with Gasteiger partial charge in [0.15, 0.2) is 11.4 Å². The number of phenols is 1. The number of ketones is 2. The maximum Gasteiger partial charge on any atom is 0.338 e. The quantitative estimate of drug-likeness (QED) is 0.197. The number of amides is 1. The van der Waals surface area contributed by atoms with E-state index >= 15 is 0 Å². The highest BCUT2D eigenvalue weighted by Gasteiger charge is 2.67. The summed E-state index contributed by atoms with van der Waals surface area (Å²) >= 11 is 0. The Morgan fingerprint density at radius 2 is 1.89 bits per heavy atom. The molecule has 6 N–H and O–H groups in total. The van der Waals surface area contributed by atoms with Crippen molar-refractivity contribution in [1.82, 2.24) is 4.90 Å². The van der Waals surface area contributed by atoms with Gasteiger partial charge in [-0.05, 0) is 57.0 Å². The van der Waals surface area contributed by atoms with Gasteiger partial charge < -0.3 is 35.8 Å². The molecular formula is C26H32N2O9. The van der Waals surface area contributed by atoms with Crippen LogP contribution in [0.2, 0.25) is 0 Å². The SMILES string of the molecule is CCCCOC(=O)c1ccc(O)c2c1C[C@@H]1C[C@@H]3C(N(C)C)C(O)C(C(N)=O)C(=O)[C@]3(O)C(=O)C1=C2O. The van der Waals surface area contributed by atoms with Gasteiger partial charge in [-0.25, -0.2) is 4.79 Å². The fourth-order valence-electron chi connectivity index (χ4n) is 6.18. The number of unbranched alkanes of at least 4 members (excludes halogenated alkanes) is 1. The molecule has 6 atom stereocenters. The molecule has 11 heteroatoms. The number of carbonyl (C=O) groups is 4. The van der Waals surface area contributed by atoms with Gasteiger partial charge in [-0.1, -0.05) is 13.3 Å². The van der Waals surface area contributed by atoms with Crippen molar-refractivity contribution in [3.8, 4) is 5.75 Å². The van der Waals surface area contributed by atoms with Crippen molar-refractivity contribution in [2.45, 2.75) is 50.4 Å². The fourth-order valence-corrected chi connectivity index (χ4v) is 6.18. The summed E-state index contributed by atoms with van der Waals surface area (Å²) in [5.41, 5.74) is 2.63. The third-order valence-corrected chi connectivity index (χ3v) is 7.92. The van der Waals surface area contributed by atoms with Crippen LogP contribution in [0.3, 0.4) is 0 Å². The Morgan fingerprint density at radius 3 is 2.49 bits per heavy atom. The zero-order valence-corrected chi connectivity index (χ0v) is 20.9. The number of esters is 1. The molecule has 1 amide bonds. The molecule has 0 aliphatic heterocycles. The lowest BCUT2D eigenvalue weighted by molar-refractivity contribution is -0.184. The van der Waals surface area contributed by atoms with Crippen LogP contribution in [-0.2, 0) is 25.5 Å². The summed E-state index contributed by atoms with van der Waals surface area (Å²) in [7, 11) is 3.15. The lowest BCUT2D eigenvalue weighted by atomic mass is 9.54. The monoisotopic (exact) mass is 516 g/mol. The number of fused-ring (bicyclic) bond motifs is 3. The smallest absolute Gasteiger partial charge is 0.338 e. The number of likely N-dealkylation sites (N-methyl/N-ethyl adjacent to an activating group) is 1. The largest absolute Gasteiger partial charge is 0.507 e. The third-order valence-electron chi connectivity index (χ3n) is 7.92. The van der Waals surface area contributed by atoms with Crippen LogP contribution in [0.15, 0.2) is 17.7 Å². The standard InChI is InChI=1S/C26H32N2O9/c1-4-5-8-37-25(35)12-6-7-15(29)17-13(12)9-11-10-14-19(28(2)3)21(31)18(24(27)34)23(33)26(14,36)22(32)16(11)20(17)30/h6-7,11,14,18-19,21,29-31,36H,4-5,8-10H2,1-3H3,(H2,27,34)/t11-,14-,18?,19?,21?,26-/m1/s1. The number of nitrogens with two attached hydrogens (primary N) is 1. The summed E-state index contributed by atoms with van der Waals surface area (Å²) in [6.07, 6.45) is -0.0908. The van der Waals surface area contributed by atoms with Crippen LogP contribution in [-0.4, -0.2) is 87.2 Å². The molecule has 2 saturated carbocycles. The van der Waals surface area contributed by atoms with E-state index in [0.717, 1.165) is 6.42 Å². The maximum absolute atomic E-state index is 13.8. The zero-order chi connectivity index (χ0) is 27.4. The minimum atomic E-state index is -2.72. The molecule has 1 aromatic rings. The summed E-state index contributed by atoms with van der Waals surface area (Å²) < 4.78 is 5.33. The maximum atomic E-state index is 13.8. The highest BCUT2D eigenvalue weighted by Crippen LogP contribution is 2.52. The van der Waals surface area contributed by atoms with Crippen LogP contribution in [0.4, 0.5) is 0 Å². The van der Waals surface area contributed by atoms with E-state index in [1.807, 2.05) is 6.92 Å². The molecule has 3 aliphatic rings. The Morgan fingerprint density at radius 1 is 1.22 bits per heavy atom. The Hall–Kier alpha value is -3.28. The van der Waals surface area contributed by atoms with Crippen LogP contribution in [0.25, 0.3) is 5.76 Å². The van der Waals surface area contributed by atoms with Crippen molar-refractivity contribution in [2.24, 2.45) is 23.5 Å². The molecule has 11 nitrogen and oxygen atoms in total. The number of rotatable bonds is 6. The van der Waals surface area contributed by atoms with Crippen LogP contribution >= 0.6 is 0 Å². The molecule has 0 heterocycles. The van der Waals surface area contributed by atoms with Gasteiger partial charge in [0.05, 0.1) is 23.8 Å². The van der Waals surface area contributed by atoms with Gasteiger partial charge in [0, 0.05) is 17.5 Å². The average molecular weight is 517 g/mol. The van der Waals surface area contributed by atoms with Crippen molar-refractivity contribution in [3.63, 3.8) is 0 Å². The van der Waals surface area contributed by atoms with Gasteiger partial charge in [-0.15, -0.1) is 0 Å². The molecule has 0 saturated heterocycles. The predicted octanol–water partition coefficient (Wildman–Crippen LogP) is 0.0859. The topological polar surface area (TPSA) is 188 Å². The van der Waals surface area contributed by atoms with Crippen molar-refractivity contribution in [1.29, 1.82) is 0 Å². The minimum Gasteiger partial charge on any atom is -0.507 e. The van der Waals surface area contributed by atoms with E-state index in [0.29, 0.717) is 6.42 Å². The number of benzene rings is 1. The molecule has 3 aliphatic carbocycles. The van der Waals surface area contributed by atoms with Crippen molar-refractivity contribution in [2.75, 3.05) is 20.7 Å². The molecule has 0 bridgehead atoms. The molecule has 4 rings (SSSR count). The number of carbonyl (C=O) groups excluding carboxylic acids is 4. The first-order chi connectivity index (χ1) is 17.4. The molecule has 0 radical (unpaired) electrons. The molecule has 3 unspecified atom stereocenters. The summed E-state index contributed by atoms with van der Waals surface area (Å²) in [5.74, 6) is -8.90. The van der Waals surface area contributed by atoms with Gasteiger partial charge in [-0.2, -0.15) is 0 Å². The number of hydrogen-bond acceptors (Lipinski definition) is 10. The van der Waals surface area contributed by atoms with Crippen LogP contribution < -0.4 is 5.73 Å². The van der Waals surface area contributed by atoms with Crippen molar-refractivity contribution >= 4 is 29.2 Å².